The number of methoxy groups -OCH3 is 1. The lowest BCUT2D eigenvalue weighted by Gasteiger charge is -2.12. The number of para-hydroxylation sites is 2. The average Bonchev–Trinajstić information content (AvgIpc) is 3.06. The second-order valence-electron chi connectivity index (χ2n) is 6.81. The van der Waals surface area contributed by atoms with Gasteiger partial charge in [0.05, 0.1) is 29.8 Å². The smallest absolute Gasteiger partial charge is 0.244 e. The van der Waals surface area contributed by atoms with Gasteiger partial charge in [-0.05, 0) is 49.2 Å². The van der Waals surface area contributed by atoms with Gasteiger partial charge in [-0.1, -0.05) is 30.7 Å². The molecule has 1 heterocycles. The summed E-state index contributed by atoms with van der Waals surface area (Å²) in [6, 6.07) is 11.5. The van der Waals surface area contributed by atoms with Gasteiger partial charge in [0.2, 0.25) is 5.91 Å². The fourth-order valence-corrected chi connectivity index (χ4v) is 3.45. The number of halogens is 1. The fraction of sp³-hybridized carbons (Fsp3) is 0.304. The monoisotopic (exact) mass is 427 g/mol. The molecule has 3 rings (SSSR count). The predicted octanol–water partition coefficient (Wildman–Crippen LogP) is 4.63. The molecule has 0 saturated heterocycles. The molecule has 0 saturated carbocycles. The number of ether oxygens (including phenoxy) is 2. The Balaban J connectivity index is 1.60. The van der Waals surface area contributed by atoms with Crippen LogP contribution in [0.5, 0.6) is 11.5 Å². The highest BCUT2D eigenvalue weighted by atomic mass is 35.5. The van der Waals surface area contributed by atoms with E-state index in [4.69, 9.17) is 21.1 Å². The number of benzene rings is 2. The Kier molecular flexibility index (Phi) is 7.36. The first-order valence-corrected chi connectivity index (χ1v) is 10.3. The molecule has 0 spiro atoms. The van der Waals surface area contributed by atoms with E-state index in [1.54, 1.807) is 25.3 Å². The van der Waals surface area contributed by atoms with Crippen LogP contribution >= 0.6 is 11.6 Å². The van der Waals surface area contributed by atoms with Gasteiger partial charge in [0.25, 0.3) is 0 Å². The highest BCUT2D eigenvalue weighted by Gasteiger charge is 2.11. The molecule has 0 radical (unpaired) electrons. The summed E-state index contributed by atoms with van der Waals surface area (Å²) in [6.07, 6.45) is 4.05. The van der Waals surface area contributed by atoms with E-state index in [1.165, 1.54) is 6.08 Å². The van der Waals surface area contributed by atoms with Crippen molar-refractivity contribution in [1.82, 2.24) is 14.9 Å². The number of nitrogens with zero attached hydrogens (tertiary/aromatic N) is 2. The number of amides is 1. The molecule has 0 aliphatic carbocycles. The molecule has 1 N–H and O–H groups in total. The van der Waals surface area contributed by atoms with Gasteiger partial charge in [-0.3, -0.25) is 4.79 Å². The van der Waals surface area contributed by atoms with E-state index in [-0.39, 0.29) is 5.91 Å². The maximum atomic E-state index is 12.2. The number of fused-ring (bicyclic) bond motifs is 1. The summed E-state index contributed by atoms with van der Waals surface area (Å²) in [4.78, 5) is 16.8. The van der Waals surface area contributed by atoms with Crippen LogP contribution in [-0.2, 0) is 11.3 Å². The van der Waals surface area contributed by atoms with Crippen LogP contribution in [-0.4, -0.2) is 35.7 Å². The molecule has 0 unspecified atom stereocenters. The Hall–Kier alpha value is -2.99. The summed E-state index contributed by atoms with van der Waals surface area (Å²) in [5, 5.41) is 3.35. The molecular weight excluding hydrogens is 402 g/mol. The van der Waals surface area contributed by atoms with Crippen molar-refractivity contribution in [2.45, 2.75) is 26.8 Å². The zero-order valence-corrected chi connectivity index (χ0v) is 18.2. The van der Waals surface area contributed by atoms with Crippen LogP contribution in [0.15, 0.2) is 42.5 Å². The molecule has 3 aromatic rings. The minimum absolute atomic E-state index is 0.182. The number of imidazole rings is 1. The van der Waals surface area contributed by atoms with Gasteiger partial charge in [0.15, 0.2) is 11.5 Å². The van der Waals surface area contributed by atoms with Crippen LogP contribution in [0.1, 0.15) is 24.7 Å². The topological polar surface area (TPSA) is 65.4 Å². The van der Waals surface area contributed by atoms with Crippen molar-refractivity contribution >= 4 is 34.6 Å². The van der Waals surface area contributed by atoms with Crippen molar-refractivity contribution in [3.8, 4) is 11.5 Å². The average molecular weight is 428 g/mol. The first-order valence-electron chi connectivity index (χ1n) is 9.91. The lowest BCUT2D eigenvalue weighted by Crippen LogP contribution is -2.25. The number of hydrogen-bond donors (Lipinski definition) is 1. The van der Waals surface area contributed by atoms with E-state index >= 15 is 0 Å². The number of rotatable bonds is 9. The summed E-state index contributed by atoms with van der Waals surface area (Å²) in [6.45, 7) is 5.69. The van der Waals surface area contributed by atoms with E-state index in [0.29, 0.717) is 36.2 Å². The number of nitrogens with one attached hydrogen (secondary N) is 1. The molecule has 0 aliphatic heterocycles. The Bertz CT molecular complexity index is 1060. The number of hydrogen-bond acceptors (Lipinski definition) is 4. The predicted molar refractivity (Wildman–Crippen MR) is 120 cm³/mol. The molecule has 0 bridgehead atoms. The Morgan fingerprint density at radius 1 is 1.30 bits per heavy atom. The second kappa shape index (κ2) is 10.2. The van der Waals surface area contributed by atoms with Crippen molar-refractivity contribution in [2.24, 2.45) is 0 Å². The molecule has 2 aromatic carbocycles. The SMILES string of the molecule is CCCOc1c(Cl)cc(/C=C/C(=O)NCCn2c(C)nc3ccccc32)cc1OC. The number of aryl methyl sites for hydroxylation is 1. The van der Waals surface area contributed by atoms with Gasteiger partial charge in [-0.2, -0.15) is 0 Å². The first-order chi connectivity index (χ1) is 14.5. The molecule has 1 amide bonds. The summed E-state index contributed by atoms with van der Waals surface area (Å²) in [5.74, 6) is 1.80. The normalized spacial score (nSPS) is 11.2. The van der Waals surface area contributed by atoms with Gasteiger partial charge < -0.3 is 19.4 Å². The van der Waals surface area contributed by atoms with Crippen LogP contribution in [0.4, 0.5) is 0 Å². The van der Waals surface area contributed by atoms with E-state index < -0.39 is 0 Å². The van der Waals surface area contributed by atoms with Crippen molar-refractivity contribution in [1.29, 1.82) is 0 Å². The van der Waals surface area contributed by atoms with Crippen LogP contribution in [0, 0.1) is 6.92 Å². The van der Waals surface area contributed by atoms with Crippen molar-refractivity contribution < 1.29 is 14.3 Å². The number of aromatic nitrogens is 2. The minimum atomic E-state index is -0.182. The third kappa shape index (κ3) is 5.13. The van der Waals surface area contributed by atoms with Crippen molar-refractivity contribution in [2.75, 3.05) is 20.3 Å². The molecule has 0 atom stereocenters. The molecule has 0 aliphatic rings. The van der Waals surface area contributed by atoms with E-state index in [9.17, 15) is 4.79 Å². The fourth-order valence-electron chi connectivity index (χ4n) is 3.18. The maximum absolute atomic E-state index is 12.2. The summed E-state index contributed by atoms with van der Waals surface area (Å²) < 4.78 is 13.1. The van der Waals surface area contributed by atoms with Gasteiger partial charge in [0, 0.05) is 19.2 Å². The highest BCUT2D eigenvalue weighted by molar-refractivity contribution is 6.32. The summed E-state index contributed by atoms with van der Waals surface area (Å²) in [5.41, 5.74) is 2.78. The van der Waals surface area contributed by atoms with Crippen LogP contribution in [0.2, 0.25) is 5.02 Å². The molecular formula is C23H26ClN3O3. The Morgan fingerprint density at radius 2 is 2.10 bits per heavy atom. The van der Waals surface area contributed by atoms with Crippen LogP contribution in [0.25, 0.3) is 17.1 Å². The van der Waals surface area contributed by atoms with Gasteiger partial charge in [0.1, 0.15) is 5.82 Å². The van der Waals surface area contributed by atoms with Gasteiger partial charge >= 0.3 is 0 Å². The molecule has 6 nitrogen and oxygen atoms in total. The van der Waals surface area contributed by atoms with Crippen molar-refractivity contribution in [3.63, 3.8) is 0 Å². The van der Waals surface area contributed by atoms with E-state index in [1.807, 2.05) is 38.1 Å². The second-order valence-corrected chi connectivity index (χ2v) is 7.21. The van der Waals surface area contributed by atoms with E-state index in [2.05, 4.69) is 14.9 Å². The number of carbonyl (C=O) groups is 1. The third-order valence-corrected chi connectivity index (χ3v) is 4.89. The van der Waals surface area contributed by atoms with Gasteiger partial charge in [-0.15, -0.1) is 0 Å². The zero-order chi connectivity index (χ0) is 21.5. The molecule has 30 heavy (non-hydrogen) atoms. The van der Waals surface area contributed by atoms with Gasteiger partial charge in [-0.25, -0.2) is 4.98 Å². The molecule has 7 heteroatoms. The largest absolute Gasteiger partial charge is 0.493 e. The molecule has 1 aromatic heterocycles. The first kappa shape index (κ1) is 21.7. The minimum Gasteiger partial charge on any atom is -0.493 e. The highest BCUT2D eigenvalue weighted by Crippen LogP contribution is 2.36. The Labute approximate surface area is 181 Å². The van der Waals surface area contributed by atoms with Crippen LogP contribution < -0.4 is 14.8 Å². The quantitative estimate of drug-likeness (QED) is 0.506. The summed E-state index contributed by atoms with van der Waals surface area (Å²) in [7, 11) is 1.56. The number of carbonyl (C=O) groups excluding carboxylic acids is 1. The third-order valence-electron chi connectivity index (χ3n) is 4.61. The maximum Gasteiger partial charge on any atom is 0.244 e. The van der Waals surface area contributed by atoms with Crippen molar-refractivity contribution in [3.05, 3.63) is 58.9 Å². The lowest BCUT2D eigenvalue weighted by molar-refractivity contribution is -0.116. The molecule has 158 valence electrons. The summed E-state index contributed by atoms with van der Waals surface area (Å²) >= 11 is 6.32. The lowest BCUT2D eigenvalue weighted by atomic mass is 10.2. The van der Waals surface area contributed by atoms with Crippen LogP contribution in [0.3, 0.4) is 0 Å². The Morgan fingerprint density at radius 3 is 2.87 bits per heavy atom. The van der Waals surface area contributed by atoms with E-state index in [0.717, 1.165) is 28.8 Å². The zero-order valence-electron chi connectivity index (χ0n) is 17.4. The molecule has 0 fully saturated rings. The standard InChI is InChI=1S/C23H26ClN3O3/c1-4-13-30-23-18(24)14-17(15-21(23)29-3)9-10-22(28)25-11-12-27-16(2)26-19-7-5-6-8-20(19)27/h5-10,14-15H,4,11-13H2,1-3H3,(H,25,28)/b10-9+.